The summed E-state index contributed by atoms with van der Waals surface area (Å²) in [6, 6.07) is 13.0. The van der Waals surface area contributed by atoms with Crippen LogP contribution < -0.4 is 0 Å². The van der Waals surface area contributed by atoms with Gasteiger partial charge in [0.15, 0.2) is 0 Å². The lowest BCUT2D eigenvalue weighted by molar-refractivity contribution is -0.910. The molecule has 0 saturated carbocycles. The highest BCUT2D eigenvalue weighted by atomic mass is 32.2. The molecule has 0 aliphatic carbocycles. The number of hydrogen-bond donors (Lipinski definition) is 2. The molecule has 182 valence electrons. The zero-order valence-corrected chi connectivity index (χ0v) is 21.4. The average molecular weight is 475 g/mol. The minimum atomic E-state index is -0.956. The van der Waals surface area contributed by atoms with Crippen molar-refractivity contribution in [3.63, 3.8) is 0 Å². The van der Waals surface area contributed by atoms with Crippen LogP contribution in [0, 0.1) is 0 Å². The van der Waals surface area contributed by atoms with Crippen molar-refractivity contribution >= 4 is 23.7 Å². The molecule has 0 spiro atoms. The van der Waals surface area contributed by atoms with E-state index in [1.54, 1.807) is 24.3 Å². The van der Waals surface area contributed by atoms with E-state index in [4.69, 9.17) is 10.2 Å². The zero-order chi connectivity index (χ0) is 24.7. The Morgan fingerprint density at radius 2 is 0.970 bits per heavy atom. The van der Waals surface area contributed by atoms with Gasteiger partial charge in [-0.2, -0.15) is 0 Å². The summed E-state index contributed by atoms with van der Waals surface area (Å²) in [5.41, 5.74) is 0.483. The smallest absolute Gasteiger partial charge is 0.335 e. The predicted octanol–water partition coefficient (Wildman–Crippen LogP) is 7.07. The molecule has 0 unspecified atom stereocenters. The van der Waals surface area contributed by atoms with E-state index in [2.05, 4.69) is 27.8 Å². The molecule has 2 aromatic carbocycles. The van der Waals surface area contributed by atoms with Gasteiger partial charge in [0.25, 0.3) is 0 Å². The van der Waals surface area contributed by atoms with Gasteiger partial charge in [-0.15, -0.1) is 0 Å². The van der Waals surface area contributed by atoms with Gasteiger partial charge in [-0.3, -0.25) is 0 Å². The molecule has 0 bridgehead atoms. The molecule has 0 fully saturated rings. The maximum Gasteiger partial charge on any atom is 0.335 e. The summed E-state index contributed by atoms with van der Waals surface area (Å²) >= 11 is 1.44. The summed E-state index contributed by atoms with van der Waals surface area (Å²) in [4.78, 5) is 23.2. The second kappa shape index (κ2) is 15.5. The molecular formula is C27H40NO4S+. The maximum absolute atomic E-state index is 10.7. The first-order valence-electron chi connectivity index (χ1n) is 11.9. The van der Waals surface area contributed by atoms with Crippen LogP contribution in [0.5, 0.6) is 0 Å². The molecule has 0 aromatic heterocycles. The SMILES string of the molecule is CCCC[N+](C)(CCCC)CCCC.O=C(O)c1ccc(Sc2ccc(C(=O)O)cc2)cc1. The summed E-state index contributed by atoms with van der Waals surface area (Å²) in [6.07, 6.45) is 8.20. The average Bonchev–Trinajstić information content (AvgIpc) is 2.81. The van der Waals surface area contributed by atoms with E-state index >= 15 is 0 Å². The van der Waals surface area contributed by atoms with Crippen LogP contribution in [0.3, 0.4) is 0 Å². The van der Waals surface area contributed by atoms with Gasteiger partial charge in [-0.1, -0.05) is 51.8 Å². The number of carbonyl (C=O) groups is 2. The van der Waals surface area contributed by atoms with Crippen LogP contribution in [0.2, 0.25) is 0 Å². The Balaban J connectivity index is 0.000000349. The lowest BCUT2D eigenvalue weighted by Crippen LogP contribution is -2.46. The summed E-state index contributed by atoms with van der Waals surface area (Å²) < 4.78 is 1.32. The molecule has 2 rings (SSSR count). The number of hydrogen-bond acceptors (Lipinski definition) is 3. The fourth-order valence-corrected chi connectivity index (χ4v) is 4.24. The molecule has 2 N–H and O–H groups in total. The van der Waals surface area contributed by atoms with E-state index in [1.807, 2.05) is 0 Å². The van der Waals surface area contributed by atoms with Crippen LogP contribution >= 0.6 is 11.8 Å². The highest BCUT2D eigenvalue weighted by Gasteiger charge is 2.18. The van der Waals surface area contributed by atoms with Gasteiger partial charge in [-0.25, -0.2) is 9.59 Å². The molecule has 6 heteroatoms. The van der Waals surface area contributed by atoms with Crippen molar-refractivity contribution in [2.75, 3.05) is 26.7 Å². The standard InChI is InChI=1S/C14H10O4S.C13H30N/c15-13(16)9-1-5-11(6-2-9)19-12-7-3-10(4-8-12)14(17)18;1-5-8-11-14(4,12-9-6-2)13-10-7-3/h1-8H,(H,15,16)(H,17,18);5-13H2,1-4H3/q;+1. The lowest BCUT2D eigenvalue weighted by Gasteiger charge is -2.34. The molecule has 0 amide bonds. The number of rotatable bonds is 13. The van der Waals surface area contributed by atoms with Crippen molar-refractivity contribution in [1.29, 1.82) is 0 Å². The zero-order valence-electron chi connectivity index (χ0n) is 20.5. The normalized spacial score (nSPS) is 10.9. The van der Waals surface area contributed by atoms with Gasteiger partial charge in [0.2, 0.25) is 0 Å². The second-order valence-electron chi connectivity index (χ2n) is 8.61. The monoisotopic (exact) mass is 474 g/mol. The number of carboxylic acids is 2. The van der Waals surface area contributed by atoms with Crippen molar-refractivity contribution in [3.05, 3.63) is 59.7 Å². The minimum absolute atomic E-state index is 0.241. The minimum Gasteiger partial charge on any atom is -0.478 e. The van der Waals surface area contributed by atoms with Crippen LogP contribution in [0.1, 0.15) is 80.0 Å². The van der Waals surface area contributed by atoms with Crippen LogP contribution in [0.4, 0.5) is 0 Å². The Bertz CT molecular complexity index is 757. The number of carboxylic acid groups (broad SMARTS) is 2. The number of benzene rings is 2. The Morgan fingerprint density at radius 3 is 1.21 bits per heavy atom. The van der Waals surface area contributed by atoms with Gasteiger partial charge < -0.3 is 14.7 Å². The second-order valence-corrected chi connectivity index (χ2v) is 9.76. The summed E-state index contributed by atoms with van der Waals surface area (Å²) in [5.74, 6) is -1.91. The Labute approximate surface area is 203 Å². The highest BCUT2D eigenvalue weighted by Crippen LogP contribution is 2.28. The Morgan fingerprint density at radius 1 is 0.667 bits per heavy atom. The fraction of sp³-hybridized carbons (Fsp3) is 0.481. The molecule has 0 atom stereocenters. The van der Waals surface area contributed by atoms with E-state index in [0.29, 0.717) is 0 Å². The summed E-state index contributed by atoms with van der Waals surface area (Å²) in [6.45, 7) is 11.0. The van der Waals surface area contributed by atoms with E-state index in [9.17, 15) is 9.59 Å². The molecule has 2 aromatic rings. The van der Waals surface area contributed by atoms with Crippen molar-refractivity contribution in [1.82, 2.24) is 0 Å². The maximum atomic E-state index is 10.7. The van der Waals surface area contributed by atoms with Gasteiger partial charge in [0.1, 0.15) is 0 Å². The van der Waals surface area contributed by atoms with Crippen molar-refractivity contribution in [2.24, 2.45) is 0 Å². The van der Waals surface area contributed by atoms with Crippen LogP contribution in [-0.4, -0.2) is 53.3 Å². The van der Waals surface area contributed by atoms with Gasteiger partial charge in [0.05, 0.1) is 37.8 Å². The topological polar surface area (TPSA) is 74.6 Å². The van der Waals surface area contributed by atoms with Crippen LogP contribution in [-0.2, 0) is 0 Å². The van der Waals surface area contributed by atoms with E-state index < -0.39 is 11.9 Å². The third kappa shape index (κ3) is 11.4. The Kier molecular flexibility index (Phi) is 13.5. The third-order valence-electron chi connectivity index (χ3n) is 5.59. The Hall–Kier alpha value is -2.31. The molecule has 0 aliphatic rings. The first-order valence-corrected chi connectivity index (χ1v) is 12.7. The molecular weight excluding hydrogens is 434 g/mol. The van der Waals surface area contributed by atoms with Crippen molar-refractivity contribution in [2.45, 2.75) is 69.1 Å². The van der Waals surface area contributed by atoms with Crippen LogP contribution in [0.15, 0.2) is 58.3 Å². The lowest BCUT2D eigenvalue weighted by atomic mass is 10.2. The molecule has 0 radical (unpaired) electrons. The number of nitrogens with zero attached hydrogens (tertiary/aromatic N) is 1. The van der Waals surface area contributed by atoms with E-state index in [1.165, 1.54) is 98.7 Å². The molecule has 5 nitrogen and oxygen atoms in total. The molecule has 0 heterocycles. The first-order chi connectivity index (χ1) is 15.7. The van der Waals surface area contributed by atoms with Crippen LogP contribution in [0.25, 0.3) is 0 Å². The molecule has 33 heavy (non-hydrogen) atoms. The largest absolute Gasteiger partial charge is 0.478 e. The van der Waals surface area contributed by atoms with Gasteiger partial charge in [-0.05, 0) is 67.8 Å². The third-order valence-corrected chi connectivity index (χ3v) is 6.61. The first kappa shape index (κ1) is 28.7. The van der Waals surface area contributed by atoms with Crippen molar-refractivity contribution in [3.8, 4) is 0 Å². The summed E-state index contributed by atoms with van der Waals surface area (Å²) in [7, 11) is 2.45. The highest BCUT2D eigenvalue weighted by molar-refractivity contribution is 7.99. The number of quaternary nitrogens is 1. The summed E-state index contributed by atoms with van der Waals surface area (Å²) in [5, 5.41) is 17.6. The van der Waals surface area contributed by atoms with Gasteiger partial charge in [0, 0.05) is 9.79 Å². The number of unbranched alkanes of at least 4 members (excludes halogenated alkanes) is 3. The van der Waals surface area contributed by atoms with E-state index in [0.717, 1.165) is 9.79 Å². The van der Waals surface area contributed by atoms with E-state index in [-0.39, 0.29) is 11.1 Å². The number of aromatic carboxylic acids is 2. The fourth-order valence-electron chi connectivity index (χ4n) is 3.42. The van der Waals surface area contributed by atoms with Gasteiger partial charge >= 0.3 is 11.9 Å². The predicted molar refractivity (Wildman–Crippen MR) is 136 cm³/mol. The molecule has 0 saturated heterocycles. The van der Waals surface area contributed by atoms with Crippen molar-refractivity contribution < 1.29 is 24.3 Å². The molecule has 0 aliphatic heterocycles. The quantitative estimate of drug-likeness (QED) is 0.304.